The number of amides is 1. The average Bonchev–Trinajstić information content (AvgIpc) is 2.17. The van der Waals surface area contributed by atoms with E-state index >= 15 is 0 Å². The van der Waals surface area contributed by atoms with E-state index in [2.05, 4.69) is 5.32 Å². The maximum absolute atomic E-state index is 11.3. The van der Waals surface area contributed by atoms with Gasteiger partial charge in [0.2, 0.25) is 5.91 Å². The van der Waals surface area contributed by atoms with Crippen LogP contribution < -0.4 is 5.32 Å². The van der Waals surface area contributed by atoms with Gasteiger partial charge in [0.05, 0.1) is 11.6 Å². The second-order valence-corrected chi connectivity index (χ2v) is 4.45. The lowest BCUT2D eigenvalue weighted by Crippen LogP contribution is -2.40. The maximum atomic E-state index is 11.3. The summed E-state index contributed by atoms with van der Waals surface area (Å²) in [7, 11) is 0. The molecule has 84 valence electrons. The number of nitrogens with one attached hydrogen (secondary N) is 1. The molecule has 1 rings (SSSR count). The van der Waals surface area contributed by atoms with Crippen LogP contribution in [0.3, 0.4) is 0 Å². The molecule has 0 bridgehead atoms. The second-order valence-electron chi connectivity index (χ2n) is 4.01. The number of halogens is 1. The van der Waals surface area contributed by atoms with Gasteiger partial charge >= 0.3 is 0 Å². The third-order valence-corrected chi connectivity index (χ3v) is 2.51. The lowest BCUT2D eigenvalue weighted by atomic mass is 9.94. The molecule has 0 aliphatic carbocycles. The van der Waals surface area contributed by atoms with Crippen molar-refractivity contribution in [1.82, 2.24) is 5.32 Å². The van der Waals surface area contributed by atoms with Crippen LogP contribution in [0.15, 0.2) is 24.3 Å². The molecule has 1 N–H and O–H groups in total. The van der Waals surface area contributed by atoms with E-state index in [-0.39, 0.29) is 12.3 Å². The van der Waals surface area contributed by atoms with Crippen LogP contribution in [-0.4, -0.2) is 5.91 Å². The zero-order valence-corrected chi connectivity index (χ0v) is 10.0. The summed E-state index contributed by atoms with van der Waals surface area (Å²) in [6, 6.07) is 9.08. The largest absolute Gasteiger partial charge is 0.346 e. The zero-order chi connectivity index (χ0) is 12.2. The Hall–Kier alpha value is -1.53. The summed E-state index contributed by atoms with van der Waals surface area (Å²) < 4.78 is 0. The molecular formula is C12H13ClN2O. The molecule has 0 radical (unpaired) electrons. The minimum atomic E-state index is -0.501. The fraction of sp³-hybridized carbons (Fsp3) is 0.333. The predicted octanol–water partition coefficient (Wildman–Crippen LogP) is 2.60. The van der Waals surface area contributed by atoms with E-state index in [9.17, 15) is 4.79 Å². The topological polar surface area (TPSA) is 52.9 Å². The van der Waals surface area contributed by atoms with E-state index in [1.165, 1.54) is 0 Å². The Kier molecular flexibility index (Phi) is 3.92. The van der Waals surface area contributed by atoms with Crippen molar-refractivity contribution in [3.8, 4) is 6.07 Å². The molecule has 4 heteroatoms. The molecule has 0 atom stereocenters. The third-order valence-electron chi connectivity index (χ3n) is 2.26. The van der Waals surface area contributed by atoms with Crippen molar-refractivity contribution in [3.63, 3.8) is 0 Å². The molecule has 0 aliphatic heterocycles. The van der Waals surface area contributed by atoms with E-state index in [1.54, 1.807) is 12.1 Å². The molecule has 1 aromatic carbocycles. The Balaban J connectivity index is 2.81. The highest BCUT2D eigenvalue weighted by atomic mass is 35.5. The number of carbonyl (C=O) groups is 1. The van der Waals surface area contributed by atoms with E-state index in [0.717, 1.165) is 5.56 Å². The summed E-state index contributed by atoms with van der Waals surface area (Å²) >= 11 is 5.79. The van der Waals surface area contributed by atoms with Crippen LogP contribution >= 0.6 is 11.6 Å². The summed E-state index contributed by atoms with van der Waals surface area (Å²) in [6.45, 7) is 3.76. The smallest absolute Gasteiger partial charge is 0.234 e. The van der Waals surface area contributed by atoms with Crippen molar-refractivity contribution in [2.45, 2.75) is 25.8 Å². The van der Waals surface area contributed by atoms with Crippen LogP contribution in [0, 0.1) is 11.3 Å². The van der Waals surface area contributed by atoms with Crippen molar-refractivity contribution in [1.29, 1.82) is 5.26 Å². The monoisotopic (exact) mass is 236 g/mol. The number of nitrogens with zero attached hydrogens (tertiary/aromatic N) is 1. The number of carbonyl (C=O) groups excluding carboxylic acids is 1. The molecule has 0 unspecified atom stereocenters. The summed E-state index contributed by atoms with van der Waals surface area (Å²) in [4.78, 5) is 11.3. The maximum Gasteiger partial charge on any atom is 0.234 e. The Morgan fingerprint density at radius 3 is 2.50 bits per heavy atom. The third kappa shape index (κ3) is 3.25. The minimum Gasteiger partial charge on any atom is -0.346 e. The minimum absolute atomic E-state index is 0.128. The molecule has 3 nitrogen and oxygen atoms in total. The highest BCUT2D eigenvalue weighted by molar-refractivity contribution is 6.30. The quantitative estimate of drug-likeness (QED) is 0.877. The molecule has 0 saturated carbocycles. The predicted molar refractivity (Wildman–Crippen MR) is 62.9 cm³/mol. The summed E-state index contributed by atoms with van der Waals surface area (Å²) in [5.41, 5.74) is 0.446. The van der Waals surface area contributed by atoms with Gasteiger partial charge in [0.25, 0.3) is 0 Å². The molecule has 0 heterocycles. The van der Waals surface area contributed by atoms with Gasteiger partial charge in [-0.1, -0.05) is 23.7 Å². The van der Waals surface area contributed by atoms with E-state index in [0.29, 0.717) is 5.02 Å². The Bertz CT molecular complexity index is 418. The summed E-state index contributed by atoms with van der Waals surface area (Å²) in [5, 5.41) is 11.9. The van der Waals surface area contributed by atoms with Gasteiger partial charge in [0.15, 0.2) is 0 Å². The number of benzene rings is 1. The van der Waals surface area contributed by atoms with Gasteiger partial charge in [-0.2, -0.15) is 5.26 Å². The SMILES string of the molecule is CC(C)(NC(=O)CC#N)c1ccc(Cl)cc1. The molecule has 1 amide bonds. The van der Waals surface area contributed by atoms with Gasteiger partial charge in [-0.05, 0) is 31.5 Å². The number of nitriles is 1. The standard InChI is InChI=1S/C12H13ClN2O/c1-12(2,15-11(16)7-8-14)9-3-5-10(13)6-4-9/h3-6H,7H2,1-2H3,(H,15,16). The Morgan fingerprint density at radius 2 is 2.00 bits per heavy atom. The van der Waals surface area contributed by atoms with Gasteiger partial charge in [-0.3, -0.25) is 4.79 Å². The zero-order valence-electron chi connectivity index (χ0n) is 9.25. The van der Waals surface area contributed by atoms with E-state index in [4.69, 9.17) is 16.9 Å². The molecule has 0 aromatic heterocycles. The van der Waals surface area contributed by atoms with Crippen molar-refractivity contribution in [2.24, 2.45) is 0 Å². The first-order valence-corrected chi connectivity index (χ1v) is 5.27. The first-order valence-electron chi connectivity index (χ1n) is 4.90. The van der Waals surface area contributed by atoms with Crippen LogP contribution in [0.2, 0.25) is 5.02 Å². The van der Waals surface area contributed by atoms with Crippen molar-refractivity contribution >= 4 is 17.5 Å². The highest BCUT2D eigenvalue weighted by Crippen LogP contribution is 2.21. The first-order chi connectivity index (χ1) is 7.45. The van der Waals surface area contributed by atoms with Crippen molar-refractivity contribution in [3.05, 3.63) is 34.9 Å². The van der Waals surface area contributed by atoms with Gasteiger partial charge in [0, 0.05) is 5.02 Å². The van der Waals surface area contributed by atoms with Crippen LogP contribution in [0.5, 0.6) is 0 Å². The van der Waals surface area contributed by atoms with Gasteiger partial charge in [0.1, 0.15) is 6.42 Å². The van der Waals surface area contributed by atoms with Gasteiger partial charge in [-0.25, -0.2) is 0 Å². The molecular weight excluding hydrogens is 224 g/mol. The first kappa shape index (κ1) is 12.5. The molecule has 0 spiro atoms. The average molecular weight is 237 g/mol. The van der Waals surface area contributed by atoms with Crippen molar-refractivity contribution < 1.29 is 4.79 Å². The summed E-state index contributed by atoms with van der Waals surface area (Å²) in [5.74, 6) is -0.276. The molecule has 16 heavy (non-hydrogen) atoms. The van der Waals surface area contributed by atoms with Gasteiger partial charge in [-0.15, -0.1) is 0 Å². The highest BCUT2D eigenvalue weighted by Gasteiger charge is 2.22. The molecule has 0 aliphatic rings. The van der Waals surface area contributed by atoms with Crippen LogP contribution in [0.1, 0.15) is 25.8 Å². The molecule has 1 aromatic rings. The molecule has 0 fully saturated rings. The van der Waals surface area contributed by atoms with Crippen LogP contribution in [-0.2, 0) is 10.3 Å². The summed E-state index contributed by atoms with van der Waals surface area (Å²) in [6.07, 6.45) is -0.128. The number of hydrogen-bond donors (Lipinski definition) is 1. The van der Waals surface area contributed by atoms with Crippen LogP contribution in [0.4, 0.5) is 0 Å². The fourth-order valence-corrected chi connectivity index (χ4v) is 1.53. The van der Waals surface area contributed by atoms with E-state index in [1.807, 2.05) is 32.0 Å². The second kappa shape index (κ2) is 5.00. The number of rotatable bonds is 3. The number of hydrogen-bond acceptors (Lipinski definition) is 2. The van der Waals surface area contributed by atoms with E-state index < -0.39 is 5.54 Å². The molecule has 0 saturated heterocycles. The van der Waals surface area contributed by atoms with Gasteiger partial charge < -0.3 is 5.32 Å². The normalized spacial score (nSPS) is 10.6. The Labute approximate surface area is 100 Å². The van der Waals surface area contributed by atoms with Crippen molar-refractivity contribution in [2.75, 3.05) is 0 Å². The lowest BCUT2D eigenvalue weighted by Gasteiger charge is -2.26. The Morgan fingerprint density at radius 1 is 1.44 bits per heavy atom. The van der Waals surface area contributed by atoms with Crippen LogP contribution in [0.25, 0.3) is 0 Å². The fourth-order valence-electron chi connectivity index (χ4n) is 1.40. The lowest BCUT2D eigenvalue weighted by molar-refractivity contribution is -0.121.